The van der Waals surface area contributed by atoms with Crippen LogP contribution in [0.5, 0.6) is 0 Å². The van der Waals surface area contributed by atoms with E-state index in [0.717, 1.165) is 11.1 Å². The van der Waals surface area contributed by atoms with Crippen LogP contribution in [-0.4, -0.2) is 25.8 Å². The molecule has 0 aliphatic rings. The van der Waals surface area contributed by atoms with Crippen molar-refractivity contribution in [3.8, 4) is 11.4 Å². The Morgan fingerprint density at radius 2 is 1.73 bits per heavy atom. The molecule has 0 fully saturated rings. The minimum Gasteiger partial charge on any atom is -0.352 e. The molecule has 2 N–H and O–H groups in total. The van der Waals surface area contributed by atoms with Gasteiger partial charge in [0.05, 0.1) is 0 Å². The predicted molar refractivity (Wildman–Crippen MR) is 97.2 cm³/mol. The number of carbonyl (C=O) groups excluding carboxylic acids is 1. The molecular weight excluding hydrogens is 330 g/mol. The maximum absolute atomic E-state index is 12.4. The van der Waals surface area contributed by atoms with Crippen LogP contribution in [0.15, 0.2) is 53.8 Å². The highest BCUT2D eigenvalue weighted by Crippen LogP contribution is 2.13. The zero-order valence-corrected chi connectivity index (χ0v) is 14.4. The van der Waals surface area contributed by atoms with Crippen LogP contribution in [0.25, 0.3) is 11.4 Å². The Labute approximate surface area is 150 Å². The van der Waals surface area contributed by atoms with Crippen LogP contribution >= 0.6 is 0 Å². The second-order valence-corrected chi connectivity index (χ2v) is 5.85. The zero-order chi connectivity index (χ0) is 18.4. The number of H-pyrrole nitrogens is 1. The molecule has 0 radical (unpaired) electrons. The van der Waals surface area contributed by atoms with Crippen LogP contribution in [0, 0.1) is 6.92 Å². The third kappa shape index (κ3) is 4.38. The fourth-order valence-electron chi connectivity index (χ4n) is 2.58. The summed E-state index contributed by atoms with van der Waals surface area (Å²) in [7, 11) is 0. The van der Waals surface area contributed by atoms with Crippen LogP contribution in [0.1, 0.15) is 23.2 Å². The first-order valence-electron chi connectivity index (χ1n) is 8.29. The highest BCUT2D eigenvalue weighted by Gasteiger charge is 2.11. The van der Waals surface area contributed by atoms with Crippen LogP contribution in [0.2, 0.25) is 0 Å². The van der Waals surface area contributed by atoms with E-state index in [-0.39, 0.29) is 17.9 Å². The fourth-order valence-corrected chi connectivity index (χ4v) is 2.58. The summed E-state index contributed by atoms with van der Waals surface area (Å²) in [6.07, 6.45) is 7.22. The average Bonchev–Trinajstić information content (AvgIpc) is 2.67. The van der Waals surface area contributed by atoms with Gasteiger partial charge in [0.15, 0.2) is 0 Å². The van der Waals surface area contributed by atoms with Gasteiger partial charge in [0.1, 0.15) is 5.82 Å². The lowest BCUT2D eigenvalue weighted by Crippen LogP contribution is -2.25. The van der Waals surface area contributed by atoms with Gasteiger partial charge in [-0.3, -0.25) is 19.6 Å². The molecule has 3 rings (SSSR count). The quantitative estimate of drug-likeness (QED) is 0.706. The van der Waals surface area contributed by atoms with Crippen molar-refractivity contribution in [3.05, 3.63) is 76.2 Å². The second-order valence-electron chi connectivity index (χ2n) is 5.85. The molecule has 0 saturated heterocycles. The first-order chi connectivity index (χ1) is 12.6. The number of amides is 1. The van der Waals surface area contributed by atoms with Crippen molar-refractivity contribution in [1.82, 2.24) is 25.3 Å². The van der Waals surface area contributed by atoms with Crippen molar-refractivity contribution in [2.45, 2.75) is 26.3 Å². The summed E-state index contributed by atoms with van der Waals surface area (Å²) in [5.74, 6) is 0.389. The van der Waals surface area contributed by atoms with Gasteiger partial charge in [-0.25, -0.2) is 4.98 Å². The van der Waals surface area contributed by atoms with E-state index in [0.29, 0.717) is 30.0 Å². The van der Waals surface area contributed by atoms with E-state index >= 15 is 0 Å². The van der Waals surface area contributed by atoms with Crippen LogP contribution in [0.4, 0.5) is 0 Å². The largest absolute Gasteiger partial charge is 0.352 e. The summed E-state index contributed by atoms with van der Waals surface area (Å²) in [5, 5.41) is 2.84. The molecule has 7 nitrogen and oxygen atoms in total. The van der Waals surface area contributed by atoms with E-state index in [9.17, 15) is 9.59 Å². The minimum absolute atomic E-state index is 0.112. The molecule has 0 bridgehead atoms. The maximum atomic E-state index is 12.4. The third-order valence-corrected chi connectivity index (χ3v) is 4.02. The molecule has 0 aliphatic carbocycles. The summed E-state index contributed by atoms with van der Waals surface area (Å²) in [6, 6.07) is 7.25. The van der Waals surface area contributed by atoms with Crippen molar-refractivity contribution in [2.75, 3.05) is 0 Å². The predicted octanol–water partition coefficient (Wildman–Crippen LogP) is 1.78. The van der Waals surface area contributed by atoms with Crippen molar-refractivity contribution in [1.29, 1.82) is 0 Å². The van der Waals surface area contributed by atoms with Gasteiger partial charge in [-0.1, -0.05) is 0 Å². The number of rotatable bonds is 6. The Morgan fingerprint density at radius 3 is 2.38 bits per heavy atom. The molecule has 1 amide bonds. The standard InChI is InChI=1S/C19H19N5O2/c1-13-16(2-3-17(25)22-12-14-4-8-20-9-5-14)19(26)24-18(23-13)15-6-10-21-11-7-15/h4-11H,2-3,12H2,1H3,(H,22,25)(H,23,24,26). The lowest BCUT2D eigenvalue weighted by atomic mass is 10.1. The molecule has 0 spiro atoms. The lowest BCUT2D eigenvalue weighted by Gasteiger charge is -2.08. The molecule has 26 heavy (non-hydrogen) atoms. The average molecular weight is 349 g/mol. The summed E-state index contributed by atoms with van der Waals surface area (Å²) < 4.78 is 0. The van der Waals surface area contributed by atoms with E-state index in [1.54, 1.807) is 43.8 Å². The molecule has 3 aromatic rings. The van der Waals surface area contributed by atoms with Gasteiger partial charge in [0.25, 0.3) is 5.56 Å². The van der Waals surface area contributed by atoms with Crippen molar-refractivity contribution in [3.63, 3.8) is 0 Å². The number of aromatic nitrogens is 4. The van der Waals surface area contributed by atoms with Gasteiger partial charge in [0.2, 0.25) is 5.91 Å². The highest BCUT2D eigenvalue weighted by atomic mass is 16.1. The Balaban J connectivity index is 1.63. The highest BCUT2D eigenvalue weighted by molar-refractivity contribution is 5.76. The van der Waals surface area contributed by atoms with Crippen LogP contribution < -0.4 is 10.9 Å². The Hall–Kier alpha value is -3.35. The number of nitrogens with zero attached hydrogens (tertiary/aromatic N) is 3. The van der Waals surface area contributed by atoms with Gasteiger partial charge >= 0.3 is 0 Å². The lowest BCUT2D eigenvalue weighted by molar-refractivity contribution is -0.121. The molecular formula is C19H19N5O2. The van der Waals surface area contributed by atoms with Crippen LogP contribution in [0.3, 0.4) is 0 Å². The molecule has 0 atom stereocenters. The van der Waals surface area contributed by atoms with E-state index in [2.05, 4.69) is 25.3 Å². The smallest absolute Gasteiger partial charge is 0.254 e. The van der Waals surface area contributed by atoms with Gasteiger partial charge in [-0.15, -0.1) is 0 Å². The Kier molecular flexibility index (Phi) is 5.48. The summed E-state index contributed by atoms with van der Waals surface area (Å²) in [4.78, 5) is 39.5. The number of aromatic amines is 1. The molecule has 0 saturated carbocycles. The van der Waals surface area contributed by atoms with Crippen LogP contribution in [-0.2, 0) is 17.8 Å². The Morgan fingerprint density at radius 1 is 1.08 bits per heavy atom. The zero-order valence-electron chi connectivity index (χ0n) is 14.4. The van der Waals surface area contributed by atoms with E-state index in [1.165, 1.54) is 0 Å². The molecule has 0 unspecified atom stereocenters. The summed E-state index contributed by atoms with van der Waals surface area (Å²) >= 11 is 0. The first-order valence-corrected chi connectivity index (χ1v) is 8.29. The summed E-state index contributed by atoms with van der Waals surface area (Å²) in [6.45, 7) is 2.22. The number of hydrogen-bond donors (Lipinski definition) is 2. The van der Waals surface area contributed by atoms with Crippen molar-refractivity contribution in [2.24, 2.45) is 0 Å². The molecule has 0 aromatic carbocycles. The van der Waals surface area contributed by atoms with E-state index in [1.807, 2.05) is 12.1 Å². The van der Waals surface area contributed by atoms with E-state index in [4.69, 9.17) is 0 Å². The third-order valence-electron chi connectivity index (χ3n) is 4.02. The van der Waals surface area contributed by atoms with Gasteiger partial charge in [-0.05, 0) is 43.2 Å². The number of pyridine rings is 2. The normalized spacial score (nSPS) is 10.5. The second kappa shape index (κ2) is 8.15. The number of carbonyl (C=O) groups is 1. The molecule has 3 heterocycles. The van der Waals surface area contributed by atoms with Crippen molar-refractivity contribution >= 4 is 5.91 Å². The number of hydrogen-bond acceptors (Lipinski definition) is 5. The first kappa shape index (κ1) is 17.5. The molecule has 0 aliphatic heterocycles. The molecule has 132 valence electrons. The number of nitrogens with one attached hydrogen (secondary N) is 2. The van der Waals surface area contributed by atoms with Crippen molar-refractivity contribution < 1.29 is 4.79 Å². The van der Waals surface area contributed by atoms with E-state index < -0.39 is 0 Å². The minimum atomic E-state index is -0.216. The van der Waals surface area contributed by atoms with Gasteiger partial charge in [0, 0.05) is 54.6 Å². The Bertz CT molecular complexity index is 939. The summed E-state index contributed by atoms with van der Waals surface area (Å²) in [5.41, 5.74) is 2.71. The molecule has 7 heteroatoms. The van der Waals surface area contributed by atoms with Gasteiger partial charge < -0.3 is 10.3 Å². The monoisotopic (exact) mass is 349 g/mol. The maximum Gasteiger partial charge on any atom is 0.254 e. The molecule has 3 aromatic heterocycles. The fraction of sp³-hybridized carbons (Fsp3) is 0.211. The number of aryl methyl sites for hydroxylation is 1. The van der Waals surface area contributed by atoms with Gasteiger partial charge in [-0.2, -0.15) is 0 Å². The topological polar surface area (TPSA) is 101 Å². The SMILES string of the molecule is Cc1nc(-c2ccncc2)[nH]c(=O)c1CCC(=O)NCc1ccncc1.